The van der Waals surface area contributed by atoms with E-state index in [9.17, 15) is 4.79 Å². The molecule has 3 aliphatic heterocycles. The molecule has 4 heterocycles. The fourth-order valence-corrected chi connectivity index (χ4v) is 5.73. The Labute approximate surface area is 146 Å². The second-order valence-corrected chi connectivity index (χ2v) is 8.39. The van der Waals surface area contributed by atoms with Crippen LogP contribution < -0.4 is 5.32 Å². The van der Waals surface area contributed by atoms with Crippen molar-refractivity contribution < 1.29 is 4.79 Å². The summed E-state index contributed by atoms with van der Waals surface area (Å²) < 4.78 is 0. The Hall–Kier alpha value is -1.65. The minimum Gasteiger partial charge on any atom is -0.347 e. The Morgan fingerprint density at radius 1 is 1.12 bits per heavy atom. The van der Waals surface area contributed by atoms with Crippen molar-refractivity contribution >= 4 is 17.2 Å². The molecule has 0 unspecified atom stereocenters. The predicted molar refractivity (Wildman–Crippen MR) is 97.6 cm³/mol. The fourth-order valence-electron chi connectivity index (χ4n) is 4.55. The molecular formula is C20H22N2OS. The Bertz CT molecular complexity index is 789. The molecule has 4 aliphatic rings. The van der Waals surface area contributed by atoms with E-state index in [0.717, 1.165) is 24.3 Å². The molecular weight excluding hydrogens is 316 g/mol. The fraction of sp³-hybridized carbons (Fsp3) is 0.450. The van der Waals surface area contributed by atoms with Gasteiger partial charge in [-0.15, -0.1) is 11.3 Å². The van der Waals surface area contributed by atoms with Crippen molar-refractivity contribution in [3.8, 4) is 10.4 Å². The minimum atomic E-state index is 0.130. The number of amides is 1. The number of hydrogen-bond donors (Lipinski definition) is 1. The summed E-state index contributed by atoms with van der Waals surface area (Å²) in [5.74, 6) is 0.805. The van der Waals surface area contributed by atoms with Crippen LogP contribution in [0.4, 0.5) is 0 Å². The number of nitrogens with zero attached hydrogens (tertiary/aromatic N) is 1. The Kier molecular flexibility index (Phi) is 3.49. The van der Waals surface area contributed by atoms with E-state index < -0.39 is 0 Å². The van der Waals surface area contributed by atoms with Crippen molar-refractivity contribution in [2.75, 3.05) is 19.6 Å². The monoisotopic (exact) mass is 338 g/mol. The van der Waals surface area contributed by atoms with Gasteiger partial charge < -0.3 is 10.2 Å². The first-order valence-corrected chi connectivity index (χ1v) is 9.84. The third kappa shape index (κ3) is 2.40. The Balaban J connectivity index is 1.39. The summed E-state index contributed by atoms with van der Waals surface area (Å²) in [4.78, 5) is 17.5. The van der Waals surface area contributed by atoms with Gasteiger partial charge in [-0.3, -0.25) is 4.79 Å². The number of hydrogen-bond acceptors (Lipinski definition) is 3. The summed E-state index contributed by atoms with van der Waals surface area (Å²) in [6, 6.07) is 11.1. The maximum atomic E-state index is 12.8. The van der Waals surface area contributed by atoms with Gasteiger partial charge in [0.1, 0.15) is 0 Å². The number of piperidine rings is 3. The van der Waals surface area contributed by atoms with Gasteiger partial charge in [0.2, 0.25) is 0 Å². The van der Waals surface area contributed by atoms with Crippen LogP contribution in [0.3, 0.4) is 0 Å². The van der Waals surface area contributed by atoms with Crippen LogP contribution in [0.5, 0.6) is 0 Å². The molecule has 1 N–H and O–H groups in total. The summed E-state index contributed by atoms with van der Waals surface area (Å²) >= 11 is 1.67. The van der Waals surface area contributed by atoms with Crippen LogP contribution in [-0.2, 0) is 12.8 Å². The van der Waals surface area contributed by atoms with Crippen LogP contribution in [-0.4, -0.2) is 36.5 Å². The van der Waals surface area contributed by atoms with Crippen molar-refractivity contribution in [3.63, 3.8) is 0 Å². The first-order valence-electron chi connectivity index (χ1n) is 9.02. The summed E-state index contributed by atoms with van der Waals surface area (Å²) in [6.07, 6.45) is 4.61. The normalized spacial score (nSPS) is 27.4. The number of benzene rings is 1. The molecule has 124 valence electrons. The van der Waals surface area contributed by atoms with Crippen LogP contribution >= 0.6 is 11.3 Å². The SMILES string of the molecule is O=C(N[C@H]1CN2CCC1CC2)c1cc2c(s1)-c1ccccc1CC2. The van der Waals surface area contributed by atoms with Crippen molar-refractivity contribution in [1.82, 2.24) is 10.2 Å². The molecule has 24 heavy (non-hydrogen) atoms. The molecule has 3 fully saturated rings. The highest BCUT2D eigenvalue weighted by molar-refractivity contribution is 7.17. The molecule has 4 heteroatoms. The number of nitrogens with one attached hydrogen (secondary N) is 1. The van der Waals surface area contributed by atoms with Crippen LogP contribution in [0.1, 0.15) is 33.6 Å². The maximum absolute atomic E-state index is 12.8. The van der Waals surface area contributed by atoms with E-state index >= 15 is 0 Å². The van der Waals surface area contributed by atoms with E-state index in [2.05, 4.69) is 40.5 Å². The number of aryl methyl sites for hydroxylation is 2. The quantitative estimate of drug-likeness (QED) is 0.911. The van der Waals surface area contributed by atoms with Gasteiger partial charge in [-0.1, -0.05) is 24.3 Å². The lowest BCUT2D eigenvalue weighted by Crippen LogP contribution is -2.57. The second-order valence-electron chi connectivity index (χ2n) is 7.34. The van der Waals surface area contributed by atoms with E-state index in [0.29, 0.717) is 12.0 Å². The summed E-state index contributed by atoms with van der Waals surface area (Å²) in [5.41, 5.74) is 4.08. The van der Waals surface area contributed by atoms with Crippen LogP contribution in [0.2, 0.25) is 0 Å². The molecule has 1 aromatic carbocycles. The third-order valence-electron chi connectivity index (χ3n) is 5.93. The smallest absolute Gasteiger partial charge is 0.261 e. The summed E-state index contributed by atoms with van der Waals surface area (Å²) in [5, 5.41) is 3.33. The van der Waals surface area contributed by atoms with E-state index in [1.54, 1.807) is 11.3 Å². The van der Waals surface area contributed by atoms with Gasteiger partial charge in [0.15, 0.2) is 0 Å². The van der Waals surface area contributed by atoms with Crippen molar-refractivity contribution in [2.45, 2.75) is 31.7 Å². The number of rotatable bonds is 2. The van der Waals surface area contributed by atoms with Crippen LogP contribution in [0, 0.1) is 5.92 Å². The van der Waals surface area contributed by atoms with Gasteiger partial charge in [-0.25, -0.2) is 0 Å². The van der Waals surface area contributed by atoms with Crippen LogP contribution in [0.25, 0.3) is 10.4 Å². The topological polar surface area (TPSA) is 32.3 Å². The lowest BCUT2D eigenvalue weighted by atomic mass is 9.84. The molecule has 1 amide bonds. The van der Waals surface area contributed by atoms with Crippen molar-refractivity contribution in [2.24, 2.45) is 5.92 Å². The maximum Gasteiger partial charge on any atom is 0.261 e. The second kappa shape index (κ2) is 5.71. The van der Waals surface area contributed by atoms with Crippen molar-refractivity contribution in [1.29, 1.82) is 0 Å². The molecule has 1 aromatic heterocycles. The van der Waals surface area contributed by atoms with Crippen LogP contribution in [0.15, 0.2) is 30.3 Å². The molecule has 1 aliphatic carbocycles. The lowest BCUT2D eigenvalue weighted by Gasteiger charge is -2.44. The standard InChI is InChI=1S/C20H22N2OS/c23-20(21-17-12-22-9-7-14(17)8-10-22)18-11-15-6-5-13-3-1-2-4-16(13)19(15)24-18/h1-4,11,14,17H,5-10,12H2,(H,21,23)/t17-/m0/s1. The highest BCUT2D eigenvalue weighted by Gasteiger charge is 2.35. The predicted octanol–water partition coefficient (Wildman–Crippen LogP) is 3.34. The zero-order valence-electron chi connectivity index (χ0n) is 13.8. The molecule has 2 bridgehead atoms. The molecule has 3 nitrogen and oxygen atoms in total. The molecule has 0 spiro atoms. The highest BCUT2D eigenvalue weighted by Crippen LogP contribution is 2.39. The molecule has 1 atom stereocenters. The highest BCUT2D eigenvalue weighted by atomic mass is 32.1. The Morgan fingerprint density at radius 2 is 1.92 bits per heavy atom. The molecule has 0 radical (unpaired) electrons. The number of fused-ring (bicyclic) bond motifs is 6. The van der Waals surface area contributed by atoms with Gasteiger partial charge in [0.05, 0.1) is 4.88 Å². The average Bonchev–Trinajstić information content (AvgIpc) is 3.08. The molecule has 0 saturated carbocycles. The van der Waals surface area contributed by atoms with E-state index in [-0.39, 0.29) is 5.91 Å². The largest absolute Gasteiger partial charge is 0.347 e. The zero-order valence-corrected chi connectivity index (χ0v) is 14.6. The van der Waals surface area contributed by atoms with Gasteiger partial charge in [-0.2, -0.15) is 0 Å². The van der Waals surface area contributed by atoms with E-state index in [1.165, 1.54) is 47.5 Å². The zero-order chi connectivity index (χ0) is 16.1. The first-order chi connectivity index (χ1) is 11.8. The van der Waals surface area contributed by atoms with E-state index in [1.807, 2.05) is 0 Å². The van der Waals surface area contributed by atoms with Gasteiger partial charge in [0.25, 0.3) is 5.91 Å². The summed E-state index contributed by atoms with van der Waals surface area (Å²) in [7, 11) is 0. The number of carbonyl (C=O) groups excluding carboxylic acids is 1. The lowest BCUT2D eigenvalue weighted by molar-refractivity contribution is 0.0622. The Morgan fingerprint density at radius 3 is 2.71 bits per heavy atom. The average molecular weight is 338 g/mol. The minimum absolute atomic E-state index is 0.130. The van der Waals surface area contributed by atoms with E-state index in [4.69, 9.17) is 0 Å². The molecule has 3 saturated heterocycles. The molecule has 6 rings (SSSR count). The molecule has 2 aromatic rings. The first kappa shape index (κ1) is 14.7. The van der Waals surface area contributed by atoms with Gasteiger partial charge in [0, 0.05) is 17.5 Å². The number of carbonyl (C=O) groups is 1. The summed E-state index contributed by atoms with van der Waals surface area (Å²) in [6.45, 7) is 3.45. The number of thiophene rings is 1. The third-order valence-corrected chi connectivity index (χ3v) is 7.14. The van der Waals surface area contributed by atoms with Crippen molar-refractivity contribution in [3.05, 3.63) is 46.3 Å². The van der Waals surface area contributed by atoms with Gasteiger partial charge in [-0.05, 0) is 67.4 Å². The van der Waals surface area contributed by atoms with Gasteiger partial charge >= 0.3 is 0 Å².